The molecule has 3 aromatic rings. The molecular weight excluding hydrogens is 222 g/mol. The molecule has 0 N–H and O–H groups in total. The fourth-order valence-corrected chi connectivity index (χ4v) is 1.83. The second kappa shape index (κ2) is 4.45. The third-order valence-corrected chi connectivity index (χ3v) is 2.86. The Balaban J connectivity index is 1.94. The van der Waals surface area contributed by atoms with E-state index in [1.54, 1.807) is 4.68 Å². The number of fused-ring (bicyclic) bond motifs is 1. The van der Waals surface area contributed by atoms with Crippen molar-refractivity contribution in [3.63, 3.8) is 0 Å². The predicted molar refractivity (Wildman–Crippen MR) is 73.9 cm³/mol. The molecule has 3 rings (SSSR count). The number of benzene rings is 2. The van der Waals surface area contributed by atoms with Crippen LogP contribution in [0.15, 0.2) is 48.5 Å². The highest BCUT2D eigenvalue weighted by molar-refractivity contribution is 5.77. The maximum absolute atomic E-state index is 4.11. The molecule has 0 saturated heterocycles. The number of aromatic nitrogens is 3. The predicted octanol–water partition coefficient (Wildman–Crippen LogP) is 3.37. The van der Waals surface area contributed by atoms with Crippen LogP contribution in [0.25, 0.3) is 23.3 Å². The van der Waals surface area contributed by atoms with Gasteiger partial charge in [-0.1, -0.05) is 47.2 Å². The SMILES string of the molecule is Cc1ccc(C=Cn2nnc3ccccc32)cc1. The lowest BCUT2D eigenvalue weighted by Gasteiger charge is -1.96. The molecule has 0 aliphatic rings. The molecule has 0 atom stereocenters. The zero-order valence-electron chi connectivity index (χ0n) is 10.1. The van der Waals surface area contributed by atoms with Crippen LogP contribution in [0.3, 0.4) is 0 Å². The summed E-state index contributed by atoms with van der Waals surface area (Å²) >= 11 is 0. The maximum Gasteiger partial charge on any atom is 0.113 e. The molecule has 0 aliphatic carbocycles. The molecule has 0 saturated carbocycles. The largest absolute Gasteiger partial charge is 0.220 e. The second-order valence-electron chi connectivity index (χ2n) is 4.25. The van der Waals surface area contributed by atoms with Crippen LogP contribution in [0.1, 0.15) is 11.1 Å². The zero-order valence-corrected chi connectivity index (χ0v) is 10.1. The van der Waals surface area contributed by atoms with E-state index < -0.39 is 0 Å². The van der Waals surface area contributed by atoms with Gasteiger partial charge >= 0.3 is 0 Å². The molecule has 3 heteroatoms. The third kappa shape index (κ3) is 2.02. The molecule has 0 fully saturated rings. The van der Waals surface area contributed by atoms with E-state index in [4.69, 9.17) is 0 Å². The van der Waals surface area contributed by atoms with E-state index in [0.29, 0.717) is 0 Å². The Bertz CT molecular complexity index is 693. The average Bonchev–Trinajstić information content (AvgIpc) is 2.82. The molecule has 0 aliphatic heterocycles. The van der Waals surface area contributed by atoms with E-state index in [1.807, 2.05) is 36.5 Å². The van der Waals surface area contributed by atoms with Gasteiger partial charge in [-0.15, -0.1) is 5.10 Å². The number of nitrogens with zero attached hydrogens (tertiary/aromatic N) is 3. The summed E-state index contributed by atoms with van der Waals surface area (Å²) in [6.07, 6.45) is 3.96. The van der Waals surface area contributed by atoms with Crippen LogP contribution >= 0.6 is 0 Å². The first kappa shape index (κ1) is 10.7. The average molecular weight is 235 g/mol. The quantitative estimate of drug-likeness (QED) is 0.681. The minimum absolute atomic E-state index is 0.908. The Morgan fingerprint density at radius 3 is 2.61 bits per heavy atom. The van der Waals surface area contributed by atoms with Crippen molar-refractivity contribution in [3.05, 3.63) is 59.7 Å². The van der Waals surface area contributed by atoms with Crippen molar-refractivity contribution >= 4 is 23.3 Å². The van der Waals surface area contributed by atoms with Crippen LogP contribution in [-0.2, 0) is 0 Å². The summed E-state index contributed by atoms with van der Waals surface area (Å²) in [5, 5.41) is 8.21. The van der Waals surface area contributed by atoms with Gasteiger partial charge in [0.25, 0.3) is 0 Å². The second-order valence-corrected chi connectivity index (χ2v) is 4.25. The van der Waals surface area contributed by atoms with Crippen LogP contribution in [0.5, 0.6) is 0 Å². The van der Waals surface area contributed by atoms with Crippen molar-refractivity contribution in [1.82, 2.24) is 15.0 Å². The summed E-state index contributed by atoms with van der Waals surface area (Å²) in [6, 6.07) is 16.3. The van der Waals surface area contributed by atoms with Crippen LogP contribution in [0.2, 0.25) is 0 Å². The van der Waals surface area contributed by atoms with Gasteiger partial charge in [0, 0.05) is 6.20 Å². The van der Waals surface area contributed by atoms with Gasteiger partial charge in [-0.25, -0.2) is 4.68 Å². The van der Waals surface area contributed by atoms with Crippen molar-refractivity contribution in [3.8, 4) is 0 Å². The fraction of sp³-hybridized carbons (Fsp3) is 0.0667. The number of hydrogen-bond donors (Lipinski definition) is 0. The van der Waals surface area contributed by atoms with Gasteiger partial charge in [-0.2, -0.15) is 0 Å². The molecule has 0 spiro atoms. The van der Waals surface area contributed by atoms with Crippen molar-refractivity contribution in [2.75, 3.05) is 0 Å². The van der Waals surface area contributed by atoms with Gasteiger partial charge < -0.3 is 0 Å². The summed E-state index contributed by atoms with van der Waals surface area (Å²) in [6.45, 7) is 2.08. The van der Waals surface area contributed by atoms with Crippen LogP contribution in [0.4, 0.5) is 0 Å². The molecule has 0 bridgehead atoms. The Labute approximate surface area is 105 Å². The Kier molecular flexibility index (Phi) is 2.65. The molecule has 0 unspecified atom stereocenters. The number of hydrogen-bond acceptors (Lipinski definition) is 2. The third-order valence-electron chi connectivity index (χ3n) is 2.86. The highest BCUT2D eigenvalue weighted by atomic mass is 15.4. The van der Waals surface area contributed by atoms with E-state index in [0.717, 1.165) is 16.6 Å². The van der Waals surface area contributed by atoms with E-state index in [-0.39, 0.29) is 0 Å². The Morgan fingerprint density at radius 2 is 1.78 bits per heavy atom. The first-order valence-electron chi connectivity index (χ1n) is 5.88. The number of para-hydroxylation sites is 1. The van der Waals surface area contributed by atoms with E-state index >= 15 is 0 Å². The molecule has 1 aromatic heterocycles. The van der Waals surface area contributed by atoms with E-state index in [2.05, 4.69) is 41.5 Å². The van der Waals surface area contributed by atoms with Crippen molar-refractivity contribution < 1.29 is 0 Å². The molecule has 0 radical (unpaired) electrons. The van der Waals surface area contributed by atoms with Gasteiger partial charge in [0.2, 0.25) is 0 Å². The van der Waals surface area contributed by atoms with E-state index in [1.165, 1.54) is 5.56 Å². The molecule has 0 amide bonds. The van der Waals surface area contributed by atoms with Crippen molar-refractivity contribution in [1.29, 1.82) is 0 Å². The normalized spacial score (nSPS) is 11.4. The molecule has 1 heterocycles. The van der Waals surface area contributed by atoms with Crippen LogP contribution < -0.4 is 0 Å². The highest BCUT2D eigenvalue weighted by Gasteiger charge is 1.99. The topological polar surface area (TPSA) is 30.7 Å². The maximum atomic E-state index is 4.11. The lowest BCUT2D eigenvalue weighted by molar-refractivity contribution is 0.863. The molecule has 3 nitrogen and oxygen atoms in total. The standard InChI is InChI=1S/C15H13N3/c1-12-6-8-13(9-7-12)10-11-18-15-5-3-2-4-14(15)16-17-18/h2-11H,1H3. The summed E-state index contributed by atoms with van der Waals surface area (Å²) in [7, 11) is 0. The number of rotatable bonds is 2. The first-order chi connectivity index (χ1) is 8.83. The minimum Gasteiger partial charge on any atom is -0.220 e. The Morgan fingerprint density at radius 1 is 1.00 bits per heavy atom. The highest BCUT2D eigenvalue weighted by Crippen LogP contribution is 2.11. The first-order valence-corrected chi connectivity index (χ1v) is 5.88. The van der Waals surface area contributed by atoms with Gasteiger partial charge in [0.05, 0.1) is 5.52 Å². The smallest absolute Gasteiger partial charge is 0.113 e. The van der Waals surface area contributed by atoms with Crippen LogP contribution in [-0.4, -0.2) is 15.0 Å². The molecule has 18 heavy (non-hydrogen) atoms. The lowest BCUT2D eigenvalue weighted by Crippen LogP contribution is -1.88. The molecule has 88 valence electrons. The number of aryl methyl sites for hydroxylation is 1. The summed E-state index contributed by atoms with van der Waals surface area (Å²) < 4.78 is 1.79. The molecule has 2 aromatic carbocycles. The van der Waals surface area contributed by atoms with Gasteiger partial charge in [0.15, 0.2) is 0 Å². The summed E-state index contributed by atoms with van der Waals surface area (Å²) in [5.74, 6) is 0. The fourth-order valence-electron chi connectivity index (χ4n) is 1.83. The zero-order chi connectivity index (χ0) is 12.4. The van der Waals surface area contributed by atoms with Gasteiger partial charge in [-0.3, -0.25) is 0 Å². The molecular formula is C15H13N3. The Hall–Kier alpha value is -2.42. The minimum atomic E-state index is 0.908. The van der Waals surface area contributed by atoms with Crippen molar-refractivity contribution in [2.24, 2.45) is 0 Å². The van der Waals surface area contributed by atoms with E-state index in [9.17, 15) is 0 Å². The van der Waals surface area contributed by atoms with Crippen molar-refractivity contribution in [2.45, 2.75) is 6.92 Å². The summed E-state index contributed by atoms with van der Waals surface area (Å²) in [4.78, 5) is 0. The monoisotopic (exact) mass is 235 g/mol. The van der Waals surface area contributed by atoms with Gasteiger partial charge in [-0.05, 0) is 30.7 Å². The summed E-state index contributed by atoms with van der Waals surface area (Å²) in [5.41, 5.74) is 4.34. The van der Waals surface area contributed by atoms with Crippen LogP contribution in [0, 0.1) is 6.92 Å². The van der Waals surface area contributed by atoms with Gasteiger partial charge in [0.1, 0.15) is 5.52 Å². The lowest BCUT2D eigenvalue weighted by atomic mass is 10.1.